The molecule has 0 radical (unpaired) electrons. The molecule has 0 aliphatic heterocycles. The summed E-state index contributed by atoms with van der Waals surface area (Å²) >= 11 is 6.76. The molecule has 3 nitrogen and oxygen atoms in total. The number of rotatable bonds is 4. The Morgan fingerprint density at radius 1 is 1.64 bits per heavy atom. The number of nitrogens with zero attached hydrogens (tertiary/aromatic N) is 1. The lowest BCUT2D eigenvalue weighted by atomic mass is 10.3. The first-order valence-corrected chi connectivity index (χ1v) is 6.11. The quantitative estimate of drug-likeness (QED) is 0.761. The molecule has 1 saturated carbocycles. The highest BCUT2D eigenvalue weighted by Crippen LogP contribution is 2.18. The van der Waals surface area contributed by atoms with Crippen LogP contribution in [0.5, 0.6) is 0 Å². The van der Waals surface area contributed by atoms with Crippen LogP contribution in [-0.4, -0.2) is 22.7 Å². The highest BCUT2D eigenvalue weighted by Gasteiger charge is 2.21. The summed E-state index contributed by atoms with van der Waals surface area (Å²) in [7, 11) is 0. The van der Waals surface area contributed by atoms with E-state index in [-0.39, 0.29) is 0 Å². The van der Waals surface area contributed by atoms with Crippen LogP contribution in [0, 0.1) is 0 Å². The molecule has 0 aromatic carbocycles. The van der Waals surface area contributed by atoms with E-state index in [9.17, 15) is 0 Å². The van der Waals surface area contributed by atoms with Crippen LogP contribution in [0.3, 0.4) is 0 Å². The number of hydrogen-bond donors (Lipinski definition) is 2. The Morgan fingerprint density at radius 2 is 2.50 bits per heavy atom. The van der Waals surface area contributed by atoms with Gasteiger partial charge in [-0.2, -0.15) is 0 Å². The molecule has 0 amide bonds. The van der Waals surface area contributed by atoms with Gasteiger partial charge in [0.25, 0.3) is 0 Å². The molecule has 1 aliphatic carbocycles. The van der Waals surface area contributed by atoms with Gasteiger partial charge in [-0.3, -0.25) is 0 Å². The molecule has 0 bridgehead atoms. The largest absolute Gasteiger partial charge is 0.362 e. The van der Waals surface area contributed by atoms with Crippen molar-refractivity contribution in [2.45, 2.75) is 25.3 Å². The van der Waals surface area contributed by atoms with Crippen molar-refractivity contribution in [3.8, 4) is 0 Å². The van der Waals surface area contributed by atoms with Crippen molar-refractivity contribution in [3.63, 3.8) is 0 Å². The molecular formula is C9H13N3S2. The van der Waals surface area contributed by atoms with Crippen molar-refractivity contribution < 1.29 is 0 Å². The fourth-order valence-corrected chi connectivity index (χ4v) is 1.99. The Kier molecular flexibility index (Phi) is 3.31. The van der Waals surface area contributed by atoms with Gasteiger partial charge in [-0.15, -0.1) is 11.3 Å². The third-order valence-electron chi connectivity index (χ3n) is 2.06. The van der Waals surface area contributed by atoms with Gasteiger partial charge in [0.1, 0.15) is 0 Å². The number of thiocarbonyl (C=S) groups is 1. The molecule has 76 valence electrons. The summed E-state index contributed by atoms with van der Waals surface area (Å²) in [6.07, 6.45) is 3.46. The first kappa shape index (κ1) is 9.86. The van der Waals surface area contributed by atoms with E-state index in [0.29, 0.717) is 6.04 Å². The molecule has 14 heavy (non-hydrogen) atoms. The number of thiazole rings is 1. The summed E-state index contributed by atoms with van der Waals surface area (Å²) in [5.41, 5.74) is 2.99. The summed E-state index contributed by atoms with van der Waals surface area (Å²) in [6.45, 7) is 0.863. The molecule has 2 N–H and O–H groups in total. The van der Waals surface area contributed by atoms with E-state index in [1.165, 1.54) is 12.8 Å². The minimum Gasteiger partial charge on any atom is -0.362 e. The van der Waals surface area contributed by atoms with Crippen LogP contribution < -0.4 is 10.6 Å². The van der Waals surface area contributed by atoms with E-state index in [2.05, 4.69) is 21.0 Å². The van der Waals surface area contributed by atoms with Gasteiger partial charge in [0.2, 0.25) is 0 Å². The molecule has 5 heteroatoms. The molecule has 1 heterocycles. The van der Waals surface area contributed by atoms with Crippen LogP contribution >= 0.6 is 23.6 Å². The molecule has 1 aromatic rings. The predicted octanol–water partition coefficient (Wildman–Crippen LogP) is 1.31. The maximum Gasteiger partial charge on any atom is 0.166 e. The Hall–Kier alpha value is -0.680. The van der Waals surface area contributed by atoms with Crippen LogP contribution in [0.4, 0.5) is 0 Å². The molecule has 0 unspecified atom stereocenters. The van der Waals surface area contributed by atoms with E-state index in [1.54, 1.807) is 11.3 Å². The summed E-state index contributed by atoms with van der Waals surface area (Å²) < 4.78 is 0. The second kappa shape index (κ2) is 4.70. The zero-order valence-electron chi connectivity index (χ0n) is 7.82. The monoisotopic (exact) mass is 227 g/mol. The lowest BCUT2D eigenvalue weighted by molar-refractivity contribution is 0.803. The standard InChI is InChI=1S/C9H13N3S2/c13-9(12-7-1-2-7)10-4-3-8-5-14-6-11-8/h5-7H,1-4H2,(H2,10,12,13). The molecule has 0 atom stereocenters. The van der Waals surface area contributed by atoms with Crippen LogP contribution in [-0.2, 0) is 6.42 Å². The third-order valence-corrected chi connectivity index (χ3v) is 2.96. The lowest BCUT2D eigenvalue weighted by Crippen LogP contribution is -2.37. The van der Waals surface area contributed by atoms with E-state index in [4.69, 9.17) is 12.2 Å². The van der Waals surface area contributed by atoms with Crippen LogP contribution in [0.15, 0.2) is 10.9 Å². The van der Waals surface area contributed by atoms with Gasteiger partial charge in [0, 0.05) is 24.4 Å². The van der Waals surface area contributed by atoms with Crippen LogP contribution in [0.25, 0.3) is 0 Å². The molecule has 2 rings (SSSR count). The van der Waals surface area contributed by atoms with Gasteiger partial charge < -0.3 is 10.6 Å². The maximum absolute atomic E-state index is 5.13. The first-order chi connectivity index (χ1) is 6.84. The average Bonchev–Trinajstić information content (AvgIpc) is 2.82. The van der Waals surface area contributed by atoms with E-state index in [1.807, 2.05) is 5.51 Å². The molecule has 1 aliphatic rings. The van der Waals surface area contributed by atoms with E-state index in [0.717, 1.165) is 23.8 Å². The third kappa shape index (κ3) is 3.23. The van der Waals surface area contributed by atoms with Gasteiger partial charge in [0.15, 0.2) is 5.11 Å². The smallest absolute Gasteiger partial charge is 0.166 e. The second-order valence-electron chi connectivity index (χ2n) is 3.40. The van der Waals surface area contributed by atoms with Crippen LogP contribution in [0.2, 0.25) is 0 Å². The minimum absolute atomic E-state index is 0.634. The van der Waals surface area contributed by atoms with Crippen LogP contribution in [0.1, 0.15) is 18.5 Å². The van der Waals surface area contributed by atoms with E-state index >= 15 is 0 Å². The fraction of sp³-hybridized carbons (Fsp3) is 0.556. The van der Waals surface area contributed by atoms with Gasteiger partial charge >= 0.3 is 0 Å². The Morgan fingerprint density at radius 3 is 3.14 bits per heavy atom. The van der Waals surface area contributed by atoms with Gasteiger partial charge in [-0.05, 0) is 25.1 Å². The van der Waals surface area contributed by atoms with Crippen molar-refractivity contribution in [2.75, 3.05) is 6.54 Å². The van der Waals surface area contributed by atoms with E-state index < -0.39 is 0 Å². The summed E-state index contributed by atoms with van der Waals surface area (Å²) in [4.78, 5) is 4.20. The second-order valence-corrected chi connectivity index (χ2v) is 4.53. The molecule has 0 saturated heterocycles. The zero-order chi connectivity index (χ0) is 9.80. The van der Waals surface area contributed by atoms with Crippen molar-refractivity contribution in [2.24, 2.45) is 0 Å². The molecular weight excluding hydrogens is 214 g/mol. The topological polar surface area (TPSA) is 37.0 Å². The van der Waals surface area contributed by atoms with Gasteiger partial charge in [-0.1, -0.05) is 0 Å². The average molecular weight is 227 g/mol. The lowest BCUT2D eigenvalue weighted by Gasteiger charge is -2.08. The molecule has 1 fully saturated rings. The summed E-state index contributed by atoms with van der Waals surface area (Å²) in [5, 5.41) is 9.26. The van der Waals surface area contributed by atoms with Gasteiger partial charge in [-0.25, -0.2) is 4.98 Å². The number of aromatic nitrogens is 1. The highest BCUT2D eigenvalue weighted by molar-refractivity contribution is 7.80. The zero-order valence-corrected chi connectivity index (χ0v) is 9.46. The highest BCUT2D eigenvalue weighted by atomic mass is 32.1. The Balaban J connectivity index is 1.60. The fourth-order valence-electron chi connectivity index (χ4n) is 1.13. The number of hydrogen-bond acceptors (Lipinski definition) is 3. The predicted molar refractivity (Wildman–Crippen MR) is 62.6 cm³/mol. The number of nitrogens with one attached hydrogen (secondary N) is 2. The Labute approximate surface area is 92.9 Å². The van der Waals surface area contributed by atoms with Gasteiger partial charge in [0.05, 0.1) is 11.2 Å². The SMILES string of the molecule is S=C(NCCc1cscn1)NC1CC1. The van der Waals surface area contributed by atoms with Crippen molar-refractivity contribution in [3.05, 3.63) is 16.6 Å². The normalized spacial score (nSPS) is 15.1. The minimum atomic E-state index is 0.634. The Bertz CT molecular complexity index is 293. The maximum atomic E-state index is 5.13. The first-order valence-electron chi connectivity index (χ1n) is 4.76. The van der Waals surface area contributed by atoms with Crippen molar-refractivity contribution in [1.82, 2.24) is 15.6 Å². The molecule has 1 aromatic heterocycles. The van der Waals surface area contributed by atoms with Crippen molar-refractivity contribution in [1.29, 1.82) is 0 Å². The summed E-state index contributed by atoms with van der Waals surface area (Å²) in [6, 6.07) is 0.634. The van der Waals surface area contributed by atoms with Crippen molar-refractivity contribution >= 4 is 28.7 Å². The molecule has 0 spiro atoms. The summed E-state index contributed by atoms with van der Waals surface area (Å²) in [5.74, 6) is 0.